The van der Waals surface area contributed by atoms with Gasteiger partial charge in [-0.2, -0.15) is 0 Å². The summed E-state index contributed by atoms with van der Waals surface area (Å²) in [4.78, 5) is 14.0. The van der Waals surface area contributed by atoms with Crippen molar-refractivity contribution < 1.29 is 9.53 Å². The molecule has 1 heterocycles. The Morgan fingerprint density at radius 1 is 1.90 bits per heavy atom. The lowest BCUT2D eigenvalue weighted by molar-refractivity contribution is -0.132. The van der Waals surface area contributed by atoms with Crippen LogP contribution < -0.4 is 10.6 Å². The van der Waals surface area contributed by atoms with Crippen LogP contribution >= 0.6 is 0 Å². The maximum Gasteiger partial charge on any atom is 0.309 e. The molecule has 0 amide bonds. The Kier molecular flexibility index (Phi) is 1.57. The van der Waals surface area contributed by atoms with Gasteiger partial charge in [0.25, 0.3) is 0 Å². The van der Waals surface area contributed by atoms with Gasteiger partial charge < -0.3 is 10.6 Å². The lowest BCUT2D eigenvalue weighted by atomic mass is 10.8. The summed E-state index contributed by atoms with van der Waals surface area (Å²) in [5.74, 6) is 5.03. The van der Waals surface area contributed by atoms with Gasteiger partial charge in [0.15, 0.2) is 0 Å². The molecule has 1 rings (SSSR count). The van der Waals surface area contributed by atoms with E-state index in [1.54, 1.807) is 0 Å². The highest BCUT2D eigenvalue weighted by atomic mass is 16.5. The van der Waals surface area contributed by atoms with Gasteiger partial charge in [0.05, 0.1) is 6.20 Å². The van der Waals surface area contributed by atoms with Gasteiger partial charge in [0.1, 0.15) is 6.33 Å². The molecule has 2 N–H and O–H groups in total. The molecule has 1 aromatic rings. The molecule has 0 saturated carbocycles. The van der Waals surface area contributed by atoms with Crippen LogP contribution in [-0.4, -0.2) is 15.6 Å². The van der Waals surface area contributed by atoms with E-state index in [2.05, 4.69) is 9.72 Å². The first kappa shape index (κ1) is 6.60. The first-order valence-corrected chi connectivity index (χ1v) is 2.66. The number of carbonyl (C=O) groups excluding carboxylic acids is 1. The molecule has 5 nitrogen and oxygen atoms in total. The lowest BCUT2D eigenvalue weighted by Crippen LogP contribution is -2.04. The molecule has 1 aromatic heterocycles. The van der Waals surface area contributed by atoms with E-state index in [4.69, 9.17) is 5.84 Å². The van der Waals surface area contributed by atoms with E-state index in [0.29, 0.717) is 0 Å². The van der Waals surface area contributed by atoms with E-state index in [1.165, 1.54) is 24.1 Å². The van der Waals surface area contributed by atoms with Crippen molar-refractivity contribution >= 4 is 5.97 Å². The number of rotatable bonds is 1. The van der Waals surface area contributed by atoms with E-state index >= 15 is 0 Å². The van der Waals surface area contributed by atoms with Crippen molar-refractivity contribution in [3.63, 3.8) is 0 Å². The minimum absolute atomic E-state index is 0.218. The molecule has 5 heteroatoms. The molecule has 0 fully saturated rings. The van der Waals surface area contributed by atoms with Crippen LogP contribution in [0.1, 0.15) is 6.92 Å². The SMILES string of the molecule is CC(=O)Oc1cn(N)cn1. The molecule has 0 aliphatic heterocycles. The Morgan fingerprint density at radius 3 is 3.00 bits per heavy atom. The number of nitrogens with zero attached hydrogens (tertiary/aromatic N) is 2. The third-order valence-corrected chi connectivity index (χ3v) is 0.826. The van der Waals surface area contributed by atoms with E-state index in [0.717, 1.165) is 0 Å². The van der Waals surface area contributed by atoms with Gasteiger partial charge in [0, 0.05) is 6.92 Å². The number of carbonyl (C=O) groups is 1. The summed E-state index contributed by atoms with van der Waals surface area (Å²) >= 11 is 0. The van der Waals surface area contributed by atoms with Gasteiger partial charge >= 0.3 is 5.97 Å². The molecule has 0 radical (unpaired) electrons. The molecule has 0 aliphatic carbocycles. The van der Waals surface area contributed by atoms with E-state index in [9.17, 15) is 4.79 Å². The van der Waals surface area contributed by atoms with Crippen molar-refractivity contribution in [1.29, 1.82) is 0 Å². The van der Waals surface area contributed by atoms with Crippen LogP contribution in [0.2, 0.25) is 0 Å². The predicted octanol–water partition coefficient (Wildman–Crippen LogP) is -0.478. The summed E-state index contributed by atoms with van der Waals surface area (Å²) in [5.41, 5.74) is 0. The number of hydrogen-bond acceptors (Lipinski definition) is 4. The van der Waals surface area contributed by atoms with Gasteiger partial charge in [-0.05, 0) is 0 Å². The summed E-state index contributed by atoms with van der Waals surface area (Å²) in [6.07, 6.45) is 2.75. The first-order chi connectivity index (χ1) is 4.68. The number of ether oxygens (including phenoxy) is 1. The van der Waals surface area contributed by atoms with Gasteiger partial charge in [-0.25, -0.2) is 4.98 Å². The lowest BCUT2D eigenvalue weighted by Gasteiger charge is -1.91. The Hall–Kier alpha value is -1.52. The minimum atomic E-state index is -0.404. The molecular formula is C5H7N3O2. The number of aromatic nitrogens is 2. The molecule has 0 spiro atoms. The molecule has 0 saturated heterocycles. The molecule has 0 aliphatic rings. The highest BCUT2D eigenvalue weighted by Gasteiger charge is 1.99. The van der Waals surface area contributed by atoms with Crippen molar-refractivity contribution in [3.05, 3.63) is 12.5 Å². The van der Waals surface area contributed by atoms with Gasteiger partial charge in [0.2, 0.25) is 5.88 Å². The van der Waals surface area contributed by atoms with Crippen LogP contribution in [-0.2, 0) is 4.79 Å². The number of esters is 1. The monoisotopic (exact) mass is 141 g/mol. The summed E-state index contributed by atoms with van der Waals surface area (Å²) in [5, 5.41) is 0. The molecule has 0 atom stereocenters. The third-order valence-electron chi connectivity index (χ3n) is 0.826. The van der Waals surface area contributed by atoms with E-state index in [-0.39, 0.29) is 5.88 Å². The molecular weight excluding hydrogens is 134 g/mol. The predicted molar refractivity (Wildman–Crippen MR) is 33.7 cm³/mol. The maximum atomic E-state index is 10.3. The van der Waals surface area contributed by atoms with Crippen LogP contribution in [0.25, 0.3) is 0 Å². The van der Waals surface area contributed by atoms with Crippen molar-refractivity contribution in [2.45, 2.75) is 6.92 Å². The second-order valence-electron chi connectivity index (χ2n) is 1.75. The summed E-state index contributed by atoms with van der Waals surface area (Å²) in [6, 6.07) is 0. The number of hydrogen-bond donors (Lipinski definition) is 1. The number of imidazole rings is 1. The first-order valence-electron chi connectivity index (χ1n) is 2.66. The number of nitrogen functional groups attached to an aromatic ring is 1. The molecule has 10 heavy (non-hydrogen) atoms. The minimum Gasteiger partial charge on any atom is -0.406 e. The highest BCUT2D eigenvalue weighted by molar-refractivity contribution is 5.68. The normalized spacial score (nSPS) is 9.30. The zero-order valence-electron chi connectivity index (χ0n) is 5.44. The quantitative estimate of drug-likeness (QED) is 0.423. The fourth-order valence-corrected chi connectivity index (χ4v) is 0.518. The average Bonchev–Trinajstić information content (AvgIpc) is 2.13. The van der Waals surface area contributed by atoms with Crippen LogP contribution in [0, 0.1) is 0 Å². The Morgan fingerprint density at radius 2 is 2.60 bits per heavy atom. The van der Waals surface area contributed by atoms with E-state index < -0.39 is 5.97 Å². The van der Waals surface area contributed by atoms with Crippen LogP contribution in [0.3, 0.4) is 0 Å². The van der Waals surface area contributed by atoms with Gasteiger partial charge in [-0.1, -0.05) is 0 Å². The van der Waals surface area contributed by atoms with Crippen molar-refractivity contribution in [2.75, 3.05) is 5.84 Å². The van der Waals surface area contributed by atoms with Crippen molar-refractivity contribution in [1.82, 2.24) is 9.66 Å². The van der Waals surface area contributed by atoms with E-state index in [1.807, 2.05) is 0 Å². The Balaban J connectivity index is 2.67. The Labute approximate surface area is 57.4 Å². The second kappa shape index (κ2) is 2.38. The largest absolute Gasteiger partial charge is 0.406 e. The zero-order valence-corrected chi connectivity index (χ0v) is 5.44. The summed E-state index contributed by atoms with van der Waals surface area (Å²) < 4.78 is 5.79. The average molecular weight is 141 g/mol. The summed E-state index contributed by atoms with van der Waals surface area (Å²) in [7, 11) is 0. The summed E-state index contributed by atoms with van der Waals surface area (Å²) in [6.45, 7) is 1.30. The maximum absolute atomic E-state index is 10.3. The number of nitrogens with two attached hydrogens (primary N) is 1. The van der Waals surface area contributed by atoms with Crippen molar-refractivity contribution in [2.24, 2.45) is 0 Å². The third kappa shape index (κ3) is 1.48. The molecule has 54 valence electrons. The van der Waals surface area contributed by atoms with Gasteiger partial charge in [-0.3, -0.25) is 9.47 Å². The van der Waals surface area contributed by atoms with Crippen LogP contribution in [0.4, 0.5) is 0 Å². The van der Waals surface area contributed by atoms with Gasteiger partial charge in [-0.15, -0.1) is 0 Å². The molecule has 0 bridgehead atoms. The van der Waals surface area contributed by atoms with Crippen LogP contribution in [0.15, 0.2) is 12.5 Å². The standard InChI is InChI=1S/C5H7N3O2/c1-4(9)10-5-2-8(6)3-7-5/h2-3H,6H2,1H3. The Bertz CT molecular complexity index is 243. The zero-order chi connectivity index (χ0) is 7.56. The molecule has 0 unspecified atom stereocenters. The van der Waals surface area contributed by atoms with Crippen LogP contribution in [0.5, 0.6) is 5.88 Å². The van der Waals surface area contributed by atoms with Crippen molar-refractivity contribution in [3.8, 4) is 5.88 Å². The fraction of sp³-hybridized carbons (Fsp3) is 0.200. The fourth-order valence-electron chi connectivity index (χ4n) is 0.518. The second-order valence-corrected chi connectivity index (χ2v) is 1.75. The highest BCUT2D eigenvalue weighted by Crippen LogP contribution is 2.02. The smallest absolute Gasteiger partial charge is 0.309 e. The molecule has 0 aromatic carbocycles. The topological polar surface area (TPSA) is 70.1 Å².